The molecular formula is C104H108N10O21. The highest BCUT2D eigenvalue weighted by Gasteiger charge is 2.56. The summed E-state index contributed by atoms with van der Waals surface area (Å²) in [5, 5.41) is 20.3. The number of aryl methyl sites for hydroxylation is 9. The van der Waals surface area contributed by atoms with Crippen LogP contribution in [0.1, 0.15) is 155 Å². The van der Waals surface area contributed by atoms with E-state index in [2.05, 4.69) is 50.7 Å². The van der Waals surface area contributed by atoms with E-state index in [1.165, 1.54) is 74.8 Å². The molecule has 0 radical (unpaired) electrons. The zero-order chi connectivity index (χ0) is 97.5. The van der Waals surface area contributed by atoms with Gasteiger partial charge in [0, 0.05) is 93.6 Å². The van der Waals surface area contributed by atoms with E-state index in [1.807, 2.05) is 122 Å². The minimum Gasteiger partial charge on any atom is -0.495 e. The van der Waals surface area contributed by atoms with Gasteiger partial charge < -0.3 is 76.9 Å². The first-order valence-corrected chi connectivity index (χ1v) is 43.6. The number of esters is 6. The topological polar surface area (TPSA) is 447 Å². The molecule has 4 aliphatic heterocycles. The molecule has 6 aliphatic rings. The zero-order valence-electron chi connectivity index (χ0n) is 78.4. The molecule has 31 heteroatoms. The second kappa shape index (κ2) is 40.8. The molecule has 0 saturated heterocycles. The van der Waals surface area contributed by atoms with Crippen LogP contribution < -0.4 is 26.2 Å². The highest BCUT2D eigenvalue weighted by molar-refractivity contribution is 6.08. The van der Waals surface area contributed by atoms with Crippen LogP contribution in [0.3, 0.4) is 0 Å². The zero-order valence-corrected chi connectivity index (χ0v) is 78.4. The highest BCUT2D eigenvalue weighted by Crippen LogP contribution is 2.55. The number of aromatic amines is 4. The number of carboxylic acids is 2. The Morgan fingerprint density at radius 3 is 1.24 bits per heavy atom. The molecule has 0 amide bonds. The van der Waals surface area contributed by atoms with Crippen LogP contribution in [0.2, 0.25) is 0 Å². The van der Waals surface area contributed by atoms with Gasteiger partial charge >= 0.3 is 47.8 Å². The number of carbonyl (C=O) groups excluding carboxylic acids is 6. The number of nitrogens with one attached hydrogen (secondary N) is 5. The van der Waals surface area contributed by atoms with E-state index in [9.17, 15) is 53.4 Å². The number of hydrogen-bond donors (Lipinski definition) is 8. The fourth-order valence-corrected chi connectivity index (χ4v) is 18.5. The Hall–Kier alpha value is -15.4. The number of aromatic nitrogens is 8. The molecule has 0 fully saturated rings. The molecule has 16 bridgehead atoms. The third-order valence-electron chi connectivity index (χ3n) is 25.9. The number of hydrazine groups is 1. The van der Waals surface area contributed by atoms with Gasteiger partial charge in [0.05, 0.1) is 136 Å². The Bertz CT molecular complexity index is 7200. The van der Waals surface area contributed by atoms with Gasteiger partial charge in [-0.25, -0.2) is 19.6 Å². The van der Waals surface area contributed by atoms with Crippen LogP contribution in [-0.4, -0.2) is 161 Å². The van der Waals surface area contributed by atoms with Crippen molar-refractivity contribution in [1.29, 1.82) is 0 Å². The molecule has 8 aromatic heterocycles. The normalized spacial score (nSPS) is 16.2. The van der Waals surface area contributed by atoms with Crippen molar-refractivity contribution in [3.63, 3.8) is 0 Å². The van der Waals surface area contributed by atoms with Crippen LogP contribution in [-0.2, 0) is 110 Å². The summed E-state index contributed by atoms with van der Waals surface area (Å²) in [6, 6.07) is 28.6. The lowest BCUT2D eigenvalue weighted by atomic mass is 9.64. The predicted molar refractivity (Wildman–Crippen MR) is 513 cm³/mol. The number of benzene rings is 2. The van der Waals surface area contributed by atoms with Crippen LogP contribution in [0, 0.1) is 46.5 Å². The number of nitrogens with two attached hydrogens (primary N) is 1. The second-order valence-electron chi connectivity index (χ2n) is 33.4. The number of ether oxygens (including phenoxy) is 8. The number of hydrogen-bond acceptors (Lipinski definition) is 25. The van der Waals surface area contributed by atoms with E-state index in [0.29, 0.717) is 136 Å². The lowest BCUT2D eigenvalue weighted by Gasteiger charge is -2.36. The van der Waals surface area contributed by atoms with Gasteiger partial charge in [-0.1, -0.05) is 79.9 Å². The van der Waals surface area contributed by atoms with Crippen molar-refractivity contribution in [2.75, 3.05) is 63.4 Å². The van der Waals surface area contributed by atoms with Gasteiger partial charge in [-0.2, -0.15) is 0 Å². The van der Waals surface area contributed by atoms with E-state index >= 15 is 0 Å². The number of furan rings is 1. The number of allylic oxidation sites excluding steroid dienone is 12. The van der Waals surface area contributed by atoms with Gasteiger partial charge in [-0.15, -0.1) is 0 Å². The number of H-pyrrole nitrogens is 4. The highest BCUT2D eigenvalue weighted by atomic mass is 16.5. The first kappa shape index (κ1) is 97.2. The maximum Gasteiger partial charge on any atom is 0.334 e. The van der Waals surface area contributed by atoms with Crippen molar-refractivity contribution >= 4 is 147 Å². The first-order chi connectivity index (χ1) is 64.6. The Balaban J connectivity index is 0.000000176. The monoisotopic (exact) mass is 1830 g/mol. The maximum atomic E-state index is 13.7. The number of rotatable bonds is 23. The van der Waals surface area contributed by atoms with Gasteiger partial charge in [-0.3, -0.25) is 54.8 Å². The van der Waals surface area contributed by atoms with E-state index in [1.54, 1.807) is 49.4 Å². The van der Waals surface area contributed by atoms with Crippen molar-refractivity contribution in [2.45, 2.75) is 131 Å². The van der Waals surface area contributed by atoms with Crippen molar-refractivity contribution < 1.29 is 95.3 Å². The molecule has 0 spiro atoms. The van der Waals surface area contributed by atoms with Crippen molar-refractivity contribution in [1.82, 2.24) is 45.3 Å². The van der Waals surface area contributed by atoms with Crippen LogP contribution in [0.5, 0.6) is 11.5 Å². The summed E-state index contributed by atoms with van der Waals surface area (Å²) >= 11 is 0. The van der Waals surface area contributed by atoms with E-state index < -0.39 is 58.5 Å². The van der Waals surface area contributed by atoms with Crippen molar-refractivity contribution in [3.05, 3.63) is 270 Å². The second-order valence-corrected chi connectivity index (χ2v) is 33.4. The lowest BCUT2D eigenvalue weighted by molar-refractivity contribution is -0.149. The number of fused-ring (bicyclic) bond motifs is 24. The van der Waals surface area contributed by atoms with E-state index in [4.69, 9.17) is 72.5 Å². The summed E-state index contributed by atoms with van der Waals surface area (Å²) < 4.78 is 52.4. The average molecular weight is 1830 g/mol. The number of aliphatic carboxylic acids is 2. The minimum absolute atomic E-state index is 0.0715. The quantitative estimate of drug-likeness (QED) is 0.0128. The molecular weight excluding hydrogens is 1730 g/mol. The third-order valence-corrected chi connectivity index (χ3v) is 25.9. The first-order valence-electron chi connectivity index (χ1n) is 43.6. The van der Waals surface area contributed by atoms with Crippen molar-refractivity contribution in [3.8, 4) is 11.5 Å². The number of carboxylic acid groups (broad SMARTS) is 2. The number of nitrogens with zero attached hydrogens (tertiary/aromatic N) is 4. The summed E-state index contributed by atoms with van der Waals surface area (Å²) in [7, 11) is 10.8. The summed E-state index contributed by atoms with van der Waals surface area (Å²) in [5.74, 6) is -0.875. The Kier molecular flexibility index (Phi) is 29.4. The van der Waals surface area contributed by atoms with Gasteiger partial charge in [0.2, 0.25) is 5.75 Å². The Morgan fingerprint density at radius 2 is 0.874 bits per heavy atom. The molecule has 2 aromatic carbocycles. The molecule has 9 N–H and O–H groups in total. The minimum atomic E-state index is -1.18. The lowest BCUT2D eigenvalue weighted by Crippen LogP contribution is -2.42. The molecule has 0 unspecified atom stereocenters. The predicted octanol–water partition coefficient (Wildman–Crippen LogP) is 16.4. The van der Waals surface area contributed by atoms with Crippen LogP contribution in [0.25, 0.3) is 99.5 Å². The fraction of sp³-hybridized carbons (Fsp3) is 0.298. The van der Waals surface area contributed by atoms with Crippen molar-refractivity contribution in [2.24, 2.45) is 17.7 Å². The third kappa shape index (κ3) is 18.8. The molecule has 31 nitrogen and oxygen atoms in total. The van der Waals surface area contributed by atoms with Gasteiger partial charge in [0.25, 0.3) is 0 Å². The summed E-state index contributed by atoms with van der Waals surface area (Å²) in [6.07, 6.45) is 14.1. The van der Waals surface area contributed by atoms with E-state index in [0.717, 1.165) is 96.3 Å². The molecule has 4 atom stereocenters. The fourth-order valence-electron chi connectivity index (χ4n) is 18.5. The van der Waals surface area contributed by atoms with E-state index in [-0.39, 0.29) is 67.0 Å². The summed E-state index contributed by atoms with van der Waals surface area (Å²) in [6.45, 7) is 26.1. The van der Waals surface area contributed by atoms with Crippen LogP contribution in [0.15, 0.2) is 172 Å². The summed E-state index contributed by atoms with van der Waals surface area (Å²) in [4.78, 5) is 148. The number of carbonyl (C=O) groups is 8. The summed E-state index contributed by atoms with van der Waals surface area (Å²) in [5.41, 5.74) is 24.4. The average Bonchev–Trinajstić information content (AvgIpc) is 1.57. The smallest absolute Gasteiger partial charge is 0.334 e. The Morgan fingerprint density at radius 1 is 0.467 bits per heavy atom. The molecule has 10 aromatic rings. The molecule has 135 heavy (non-hydrogen) atoms. The molecule has 0 saturated carbocycles. The molecule has 700 valence electrons. The Labute approximate surface area is 777 Å². The number of methoxy groups -OCH3 is 8. The standard InChI is InChI=1S/2C41H42N4O8.C14H12O5.C8H12N2/c1-9-23-20(2)29-17-34-27-13-10-26(39(49)52-7)38(40(50)53-8)41(27,5)35(45-34)19-30-22(4)24(11-14-36(46)47)32(44-30)18-33-25(12-15-37(48)51-6)21(3)28(43-33)16-31(23)42-29;1-9-23-20(2)29-17-34-27-13-10-26(39(49)52-7)38(40(50)53-8)41(27,5)35(45-34)19-30-22(4)25(12-15-37(48)51-6)33(44-30)18-32-24(11-14-36(46)47)21(3)28(43-32)16-31(23)42-29;1-7-6-9(15)10-11(16-2)8-4-5-18-12(8)14(17-3)13(10)19-7;9-10-7-6-8-4-2-1-3-5-8/h2*9-10,13,16-19,38,43-44H,1,11-12,14-15H2,2-8H3,(H,46,47);4-6H,1-3H3;1-5,10H,6-7,9H2/t2*38-,41+;;/m00../s1. The van der Waals surface area contributed by atoms with Gasteiger partial charge in [0.1, 0.15) is 28.7 Å². The molecule has 16 rings (SSSR count). The van der Waals surface area contributed by atoms with Crippen LogP contribution >= 0.6 is 0 Å². The van der Waals surface area contributed by atoms with Gasteiger partial charge in [-0.05, 0) is 221 Å². The van der Waals surface area contributed by atoms with Gasteiger partial charge in [0.15, 0.2) is 16.6 Å². The molecule has 2 aliphatic carbocycles. The maximum absolute atomic E-state index is 13.7. The SMILES string of the molecule is C=CC1=C(C)c2cc3nc(cc4[nH]c(cc5[nH]c(cc1n2)c(C)c5CCC(=O)O)c(CCC(=O)OC)c4C)[C@@]1(C)C3=CC=C(C(=O)OC)[C@H]1C(=O)OC.C=CC1=C(C)c2cc3nc(cc4[nH]c(cc5[nH]c(cc1n2)c(C)c5CCC(=O)OC)c(CCC(=O)O)c4C)[C@@]1(C)C3=CC=C(C(=O)OC)[C@H]1C(=O)OC.COc1c2occc2c(OC)c2c(=O)cc(C)oc12.NNCCc1ccccc1. The van der Waals surface area contributed by atoms with Crippen LogP contribution in [0.4, 0.5) is 0 Å². The largest absolute Gasteiger partial charge is 0.495 e. The molecule has 12 heterocycles.